The van der Waals surface area contributed by atoms with Crippen LogP contribution in [0.4, 0.5) is 10.5 Å². The number of rotatable bonds is 6. The van der Waals surface area contributed by atoms with Gasteiger partial charge in [-0.15, -0.1) is 0 Å². The van der Waals surface area contributed by atoms with Crippen LogP contribution in [0.25, 0.3) is 16.9 Å². The van der Waals surface area contributed by atoms with E-state index in [0.29, 0.717) is 47.4 Å². The molecule has 1 aromatic carbocycles. The molecule has 0 bridgehead atoms. The van der Waals surface area contributed by atoms with Crippen LogP contribution in [0, 0.1) is 12.8 Å². The molecule has 190 valence electrons. The molecule has 36 heavy (non-hydrogen) atoms. The van der Waals surface area contributed by atoms with Gasteiger partial charge in [0.15, 0.2) is 5.65 Å². The number of ether oxygens (including phenoxy) is 1. The number of amides is 2. The molecular formula is C26H31BrN6O3. The Bertz CT molecular complexity index is 1320. The second-order valence-corrected chi connectivity index (χ2v) is 11.5. The average molecular weight is 555 g/mol. The number of halogens is 1. The van der Waals surface area contributed by atoms with Crippen molar-refractivity contribution in [1.82, 2.24) is 24.8 Å². The van der Waals surface area contributed by atoms with Gasteiger partial charge in [-0.25, -0.2) is 14.3 Å². The molecule has 0 unspecified atom stereocenters. The second-order valence-electron chi connectivity index (χ2n) is 10.7. The maximum absolute atomic E-state index is 12.5. The van der Waals surface area contributed by atoms with Gasteiger partial charge in [-0.2, -0.15) is 5.10 Å². The Morgan fingerprint density at radius 3 is 2.61 bits per heavy atom. The highest BCUT2D eigenvalue weighted by Gasteiger charge is 2.33. The van der Waals surface area contributed by atoms with Crippen LogP contribution in [0.3, 0.4) is 0 Å². The number of benzene rings is 1. The maximum Gasteiger partial charge on any atom is 0.410 e. The SMILES string of the molecule is Cc1cc(-c2cnc3c(NCC4CN(C(=O)OC(C)(C)C)C4)cc(Br)nn23)ccc1C(=O)NC1CC1. The maximum atomic E-state index is 12.5. The first-order chi connectivity index (χ1) is 17.1. The number of aryl methyl sites for hydroxylation is 1. The number of fused-ring (bicyclic) bond motifs is 1. The first kappa shape index (κ1) is 24.5. The molecule has 10 heteroatoms. The third-order valence-electron chi connectivity index (χ3n) is 6.31. The monoisotopic (exact) mass is 554 g/mol. The van der Waals surface area contributed by atoms with Crippen LogP contribution >= 0.6 is 15.9 Å². The zero-order valence-corrected chi connectivity index (χ0v) is 22.6. The predicted octanol–water partition coefficient (Wildman–Crippen LogP) is 4.64. The first-order valence-electron chi connectivity index (χ1n) is 12.3. The third kappa shape index (κ3) is 5.33. The molecule has 2 amide bonds. The quantitative estimate of drug-likeness (QED) is 0.460. The molecule has 0 radical (unpaired) electrons. The lowest BCUT2D eigenvalue weighted by Gasteiger charge is -2.39. The van der Waals surface area contributed by atoms with E-state index >= 15 is 0 Å². The fourth-order valence-corrected chi connectivity index (χ4v) is 4.65. The summed E-state index contributed by atoms with van der Waals surface area (Å²) >= 11 is 3.52. The van der Waals surface area contributed by atoms with Gasteiger partial charge < -0.3 is 20.3 Å². The summed E-state index contributed by atoms with van der Waals surface area (Å²) in [6, 6.07) is 8.04. The molecule has 2 aliphatic rings. The summed E-state index contributed by atoms with van der Waals surface area (Å²) in [5, 5.41) is 11.1. The average Bonchev–Trinajstić information content (AvgIpc) is 3.46. The smallest absolute Gasteiger partial charge is 0.410 e. The van der Waals surface area contributed by atoms with Crippen LogP contribution in [-0.4, -0.2) is 62.8 Å². The van der Waals surface area contributed by atoms with E-state index in [4.69, 9.17) is 4.74 Å². The third-order valence-corrected chi connectivity index (χ3v) is 6.69. The van der Waals surface area contributed by atoms with Crippen molar-refractivity contribution >= 4 is 39.3 Å². The van der Waals surface area contributed by atoms with Gasteiger partial charge in [0.05, 0.1) is 17.6 Å². The summed E-state index contributed by atoms with van der Waals surface area (Å²) in [5.74, 6) is 0.309. The van der Waals surface area contributed by atoms with Crippen molar-refractivity contribution in [3.05, 3.63) is 46.2 Å². The Morgan fingerprint density at radius 1 is 1.19 bits per heavy atom. The molecule has 5 rings (SSSR count). The molecule has 2 aromatic heterocycles. The number of imidazole rings is 1. The lowest BCUT2D eigenvalue weighted by Crippen LogP contribution is -2.53. The minimum atomic E-state index is -0.490. The van der Waals surface area contributed by atoms with Crippen LogP contribution in [0.15, 0.2) is 35.1 Å². The summed E-state index contributed by atoms with van der Waals surface area (Å²) in [4.78, 5) is 31.0. The normalized spacial score (nSPS) is 16.1. The van der Waals surface area contributed by atoms with Crippen molar-refractivity contribution in [2.75, 3.05) is 25.0 Å². The Balaban J connectivity index is 1.28. The molecular weight excluding hydrogens is 524 g/mol. The van der Waals surface area contributed by atoms with Crippen molar-refractivity contribution in [2.24, 2.45) is 5.92 Å². The van der Waals surface area contributed by atoms with Crippen molar-refractivity contribution in [3.8, 4) is 11.3 Å². The van der Waals surface area contributed by atoms with Crippen molar-refractivity contribution < 1.29 is 14.3 Å². The van der Waals surface area contributed by atoms with Crippen LogP contribution in [0.1, 0.15) is 49.5 Å². The van der Waals surface area contributed by atoms with E-state index in [1.165, 1.54) is 0 Å². The molecule has 0 atom stereocenters. The number of hydrogen-bond donors (Lipinski definition) is 2. The fraction of sp³-hybridized carbons (Fsp3) is 0.462. The number of carbonyl (C=O) groups is 2. The summed E-state index contributed by atoms with van der Waals surface area (Å²) in [5.41, 5.74) is 4.46. The van der Waals surface area contributed by atoms with Gasteiger partial charge in [0.1, 0.15) is 10.2 Å². The van der Waals surface area contributed by atoms with Gasteiger partial charge in [0.25, 0.3) is 5.91 Å². The van der Waals surface area contributed by atoms with E-state index in [1.54, 1.807) is 15.6 Å². The standard InChI is InChI=1S/C26H31BrN6O3/c1-15-9-17(5-8-19(15)24(34)30-18-6-7-18)21-12-29-23-20(10-22(27)31-33(21)23)28-11-16-13-32(14-16)25(35)36-26(2,3)4/h5,8-10,12,16,18,28H,6-7,11,13-14H2,1-4H3,(H,30,34). The molecule has 1 saturated carbocycles. The van der Waals surface area contributed by atoms with Crippen LogP contribution < -0.4 is 10.6 Å². The van der Waals surface area contributed by atoms with Gasteiger partial charge in [-0.3, -0.25) is 4.79 Å². The molecule has 9 nitrogen and oxygen atoms in total. The molecule has 0 spiro atoms. The molecule has 1 saturated heterocycles. The number of aromatic nitrogens is 3. The van der Waals surface area contributed by atoms with Crippen LogP contribution in [-0.2, 0) is 4.74 Å². The lowest BCUT2D eigenvalue weighted by atomic mass is 10.0. The van der Waals surface area contributed by atoms with Gasteiger partial charge in [-0.1, -0.05) is 6.07 Å². The molecule has 3 heterocycles. The lowest BCUT2D eigenvalue weighted by molar-refractivity contribution is 0.000837. The highest BCUT2D eigenvalue weighted by atomic mass is 79.9. The van der Waals surface area contributed by atoms with Crippen molar-refractivity contribution in [1.29, 1.82) is 0 Å². The summed E-state index contributed by atoms with van der Waals surface area (Å²) in [7, 11) is 0. The van der Waals surface area contributed by atoms with E-state index in [9.17, 15) is 9.59 Å². The van der Waals surface area contributed by atoms with E-state index in [0.717, 1.165) is 35.3 Å². The Labute approximate surface area is 218 Å². The number of likely N-dealkylation sites (tertiary alicyclic amines) is 1. The fourth-order valence-electron chi connectivity index (χ4n) is 4.26. The van der Waals surface area contributed by atoms with Crippen LogP contribution in [0.5, 0.6) is 0 Å². The van der Waals surface area contributed by atoms with Gasteiger partial charge in [-0.05, 0) is 80.2 Å². The molecule has 2 N–H and O–H groups in total. The number of hydrogen-bond acceptors (Lipinski definition) is 6. The number of nitrogens with zero attached hydrogens (tertiary/aromatic N) is 4. The molecule has 1 aliphatic carbocycles. The second kappa shape index (κ2) is 9.38. The van der Waals surface area contributed by atoms with E-state index in [-0.39, 0.29) is 12.0 Å². The molecule has 3 aromatic rings. The summed E-state index contributed by atoms with van der Waals surface area (Å²) < 4.78 is 7.92. The highest BCUT2D eigenvalue weighted by molar-refractivity contribution is 9.10. The van der Waals surface area contributed by atoms with E-state index in [2.05, 4.69) is 36.6 Å². The van der Waals surface area contributed by atoms with Gasteiger partial charge >= 0.3 is 6.09 Å². The Hall–Kier alpha value is -3.14. The zero-order chi connectivity index (χ0) is 25.6. The number of nitrogens with one attached hydrogen (secondary N) is 2. The van der Waals surface area contributed by atoms with Gasteiger partial charge in [0, 0.05) is 42.7 Å². The molecule has 1 aliphatic heterocycles. The number of carbonyl (C=O) groups excluding carboxylic acids is 2. The van der Waals surface area contributed by atoms with E-state index in [1.807, 2.05) is 52.0 Å². The Morgan fingerprint density at radius 2 is 1.94 bits per heavy atom. The van der Waals surface area contributed by atoms with Crippen LogP contribution in [0.2, 0.25) is 0 Å². The Kier molecular flexibility index (Phi) is 6.40. The highest BCUT2D eigenvalue weighted by Crippen LogP contribution is 2.29. The first-order valence-corrected chi connectivity index (χ1v) is 13.0. The summed E-state index contributed by atoms with van der Waals surface area (Å²) in [6.07, 6.45) is 3.65. The zero-order valence-electron chi connectivity index (χ0n) is 21.0. The van der Waals surface area contributed by atoms with Gasteiger partial charge in [0.2, 0.25) is 0 Å². The minimum Gasteiger partial charge on any atom is -0.444 e. The minimum absolute atomic E-state index is 0.0201. The topological polar surface area (TPSA) is 101 Å². The van der Waals surface area contributed by atoms with E-state index < -0.39 is 5.60 Å². The predicted molar refractivity (Wildman–Crippen MR) is 141 cm³/mol. The molecule has 2 fully saturated rings. The summed E-state index contributed by atoms with van der Waals surface area (Å²) in [6.45, 7) is 9.58. The largest absolute Gasteiger partial charge is 0.444 e. The van der Waals surface area contributed by atoms with Crippen molar-refractivity contribution in [2.45, 2.75) is 52.2 Å². The number of anilines is 1. The van der Waals surface area contributed by atoms with Crippen molar-refractivity contribution in [3.63, 3.8) is 0 Å².